The van der Waals surface area contributed by atoms with Gasteiger partial charge in [-0.05, 0) is 5.53 Å². The van der Waals surface area contributed by atoms with Crippen molar-refractivity contribution >= 4 is 0 Å². The van der Waals surface area contributed by atoms with Gasteiger partial charge in [-0.15, -0.1) is 0 Å². The lowest BCUT2D eigenvalue weighted by molar-refractivity contribution is -0.341. The third-order valence-electron chi connectivity index (χ3n) is 4.02. The molecule has 3 N–H and O–H groups in total. The maximum atomic E-state index is 10.5. The van der Waals surface area contributed by atoms with E-state index in [1.54, 1.807) is 0 Å². The Hall–Kier alpha value is -1.71. The van der Waals surface area contributed by atoms with Crippen LogP contribution in [0.15, 0.2) is 35.4 Å². The molecule has 1 aromatic rings. The lowest BCUT2D eigenvalue weighted by Gasteiger charge is -2.46. The summed E-state index contributed by atoms with van der Waals surface area (Å²) in [4.78, 5) is 2.64. The highest BCUT2D eigenvalue weighted by molar-refractivity contribution is 5.16. The van der Waals surface area contributed by atoms with Crippen LogP contribution in [0, 0.1) is 0 Å². The number of rotatable bonds is 5. The molecule has 2 heterocycles. The monoisotopic (exact) mass is 336 g/mol. The summed E-state index contributed by atoms with van der Waals surface area (Å²) < 4.78 is 22.7. The van der Waals surface area contributed by atoms with E-state index >= 15 is 0 Å². The molecule has 6 atom stereocenters. The van der Waals surface area contributed by atoms with Gasteiger partial charge in [-0.2, -0.15) is 0 Å². The molecule has 0 spiro atoms. The fourth-order valence-corrected chi connectivity index (χ4v) is 2.80. The predicted molar refractivity (Wildman–Crippen MR) is 82.6 cm³/mol. The molecule has 1 aromatic carbocycles. The molecule has 2 saturated heterocycles. The third-order valence-corrected chi connectivity index (χ3v) is 4.02. The SMILES string of the molecule is [N-]=[N+]=NCCO[C@H]1OC2COC(c3ccccc3)O[C@H]2[C@H](O)C1N. The summed E-state index contributed by atoms with van der Waals surface area (Å²) in [5, 5.41) is 13.8. The molecule has 0 aliphatic carbocycles. The van der Waals surface area contributed by atoms with Gasteiger partial charge in [0.1, 0.15) is 18.3 Å². The summed E-state index contributed by atoms with van der Waals surface area (Å²) in [6, 6.07) is 8.70. The first-order valence-electron chi connectivity index (χ1n) is 7.74. The van der Waals surface area contributed by atoms with Crippen LogP contribution in [0.5, 0.6) is 0 Å². The number of hydrogen-bond donors (Lipinski definition) is 2. The Morgan fingerprint density at radius 2 is 2.12 bits per heavy atom. The standard InChI is InChI=1S/C15H20N4O5/c16-11-12(20)13-10(23-15(11)21-7-6-18-19-17)8-22-14(24-13)9-4-2-1-3-5-9/h1-5,10-15,20H,6-8,16H2/t10?,11?,12-,13-,14?,15+/m1/s1. The van der Waals surface area contributed by atoms with Crippen molar-refractivity contribution < 1.29 is 24.1 Å². The van der Waals surface area contributed by atoms with Gasteiger partial charge in [-0.1, -0.05) is 35.4 Å². The van der Waals surface area contributed by atoms with Crippen molar-refractivity contribution in [3.8, 4) is 0 Å². The van der Waals surface area contributed by atoms with Gasteiger partial charge in [-0.25, -0.2) is 0 Å². The Kier molecular flexibility index (Phi) is 5.64. The molecule has 2 aliphatic rings. The van der Waals surface area contributed by atoms with Crippen molar-refractivity contribution in [2.45, 2.75) is 36.9 Å². The molecule has 3 rings (SSSR count). The summed E-state index contributed by atoms with van der Waals surface area (Å²) in [6.07, 6.45) is -3.42. The maximum absolute atomic E-state index is 10.5. The van der Waals surface area contributed by atoms with Gasteiger partial charge in [0.05, 0.1) is 19.3 Å². The fraction of sp³-hybridized carbons (Fsp3) is 0.600. The van der Waals surface area contributed by atoms with E-state index in [4.69, 9.17) is 30.2 Å². The lowest BCUT2D eigenvalue weighted by Crippen LogP contribution is -2.65. The average molecular weight is 336 g/mol. The van der Waals surface area contributed by atoms with E-state index in [1.165, 1.54) is 0 Å². The van der Waals surface area contributed by atoms with Crippen LogP contribution in [0.2, 0.25) is 0 Å². The molecule has 24 heavy (non-hydrogen) atoms. The first kappa shape index (κ1) is 17.1. The number of benzene rings is 1. The van der Waals surface area contributed by atoms with Crippen LogP contribution >= 0.6 is 0 Å². The molecule has 0 saturated carbocycles. The Bertz CT molecular complexity index is 580. The largest absolute Gasteiger partial charge is 0.388 e. The second-order valence-electron chi connectivity index (χ2n) is 5.61. The highest BCUT2D eigenvalue weighted by Gasteiger charge is 2.48. The summed E-state index contributed by atoms with van der Waals surface area (Å²) in [5.74, 6) is 0. The number of hydrogen-bond acceptors (Lipinski definition) is 7. The lowest BCUT2D eigenvalue weighted by atomic mass is 9.96. The Morgan fingerprint density at radius 1 is 1.33 bits per heavy atom. The zero-order valence-corrected chi connectivity index (χ0v) is 13.0. The molecule has 9 heteroatoms. The highest BCUT2D eigenvalue weighted by atomic mass is 16.7. The Balaban J connectivity index is 1.62. The van der Waals surface area contributed by atoms with Gasteiger partial charge in [0.15, 0.2) is 12.6 Å². The van der Waals surface area contributed by atoms with Crippen molar-refractivity contribution in [3.05, 3.63) is 46.3 Å². The molecule has 9 nitrogen and oxygen atoms in total. The Labute approximate surface area is 138 Å². The first-order valence-corrected chi connectivity index (χ1v) is 7.74. The molecule has 0 amide bonds. The van der Waals surface area contributed by atoms with Crippen LogP contribution in [0.4, 0.5) is 0 Å². The molecule has 0 bridgehead atoms. The van der Waals surface area contributed by atoms with Gasteiger partial charge in [-0.3, -0.25) is 0 Å². The normalized spacial score (nSPS) is 35.8. The zero-order chi connectivity index (χ0) is 16.9. The minimum absolute atomic E-state index is 0.154. The fourth-order valence-electron chi connectivity index (χ4n) is 2.80. The smallest absolute Gasteiger partial charge is 0.184 e. The number of nitrogens with zero attached hydrogens (tertiary/aromatic N) is 3. The molecular weight excluding hydrogens is 316 g/mol. The van der Waals surface area contributed by atoms with Gasteiger partial charge in [0.2, 0.25) is 0 Å². The zero-order valence-electron chi connectivity index (χ0n) is 13.0. The second kappa shape index (κ2) is 7.91. The molecule has 3 unspecified atom stereocenters. The quantitative estimate of drug-likeness (QED) is 0.354. The number of nitrogens with two attached hydrogens (primary N) is 1. The molecule has 130 valence electrons. The summed E-state index contributed by atoms with van der Waals surface area (Å²) >= 11 is 0. The van der Waals surface area contributed by atoms with Crippen LogP contribution < -0.4 is 5.73 Å². The molecule has 0 radical (unpaired) electrons. The minimum atomic E-state index is -0.955. The van der Waals surface area contributed by atoms with E-state index in [2.05, 4.69) is 10.0 Å². The van der Waals surface area contributed by atoms with Crippen LogP contribution in [0.25, 0.3) is 10.4 Å². The molecule has 2 aliphatic heterocycles. The summed E-state index contributed by atoms with van der Waals surface area (Å²) in [6.45, 7) is 0.571. The molecule has 0 aromatic heterocycles. The third kappa shape index (κ3) is 3.68. The first-order chi connectivity index (χ1) is 11.7. The van der Waals surface area contributed by atoms with E-state index in [1.807, 2.05) is 30.3 Å². The maximum Gasteiger partial charge on any atom is 0.184 e. The number of aliphatic hydroxyl groups excluding tert-OH is 1. The van der Waals surface area contributed by atoms with Crippen molar-refractivity contribution in [1.29, 1.82) is 0 Å². The van der Waals surface area contributed by atoms with Crippen LogP contribution in [0.1, 0.15) is 11.9 Å². The van der Waals surface area contributed by atoms with Crippen LogP contribution in [-0.2, 0) is 18.9 Å². The van der Waals surface area contributed by atoms with Gasteiger partial charge in [0, 0.05) is 17.0 Å². The predicted octanol–water partition coefficient (Wildman–Crippen LogP) is 0.841. The number of ether oxygens (including phenoxy) is 4. The molecule has 2 fully saturated rings. The van der Waals surface area contributed by atoms with Crippen molar-refractivity contribution in [2.75, 3.05) is 19.8 Å². The summed E-state index contributed by atoms with van der Waals surface area (Å²) in [7, 11) is 0. The van der Waals surface area contributed by atoms with E-state index in [0.29, 0.717) is 0 Å². The van der Waals surface area contributed by atoms with Crippen LogP contribution in [-0.4, -0.2) is 55.5 Å². The van der Waals surface area contributed by atoms with Crippen molar-refractivity contribution in [1.82, 2.24) is 0 Å². The van der Waals surface area contributed by atoms with Gasteiger partial charge >= 0.3 is 0 Å². The molecular formula is C15H20N4O5. The minimum Gasteiger partial charge on any atom is -0.388 e. The number of azide groups is 1. The number of aliphatic hydroxyl groups is 1. The topological polar surface area (TPSA) is 132 Å². The highest BCUT2D eigenvalue weighted by Crippen LogP contribution is 2.33. The average Bonchev–Trinajstić information content (AvgIpc) is 2.63. The van der Waals surface area contributed by atoms with Crippen molar-refractivity contribution in [3.63, 3.8) is 0 Å². The Morgan fingerprint density at radius 3 is 2.88 bits per heavy atom. The van der Waals surface area contributed by atoms with Crippen molar-refractivity contribution in [2.24, 2.45) is 10.8 Å². The van der Waals surface area contributed by atoms with E-state index in [-0.39, 0.29) is 19.8 Å². The van der Waals surface area contributed by atoms with E-state index in [0.717, 1.165) is 5.56 Å². The van der Waals surface area contributed by atoms with Gasteiger partial charge in [0.25, 0.3) is 0 Å². The number of fused-ring (bicyclic) bond motifs is 1. The van der Waals surface area contributed by atoms with Crippen LogP contribution in [0.3, 0.4) is 0 Å². The van der Waals surface area contributed by atoms with E-state index in [9.17, 15) is 5.11 Å². The van der Waals surface area contributed by atoms with E-state index < -0.39 is 36.9 Å². The summed E-state index contributed by atoms with van der Waals surface area (Å²) in [5.41, 5.74) is 15.1. The van der Waals surface area contributed by atoms with Gasteiger partial charge < -0.3 is 29.8 Å². The second-order valence-corrected chi connectivity index (χ2v) is 5.61.